The van der Waals surface area contributed by atoms with Crippen molar-refractivity contribution < 1.29 is 19.1 Å². The molecule has 0 aliphatic carbocycles. The van der Waals surface area contributed by atoms with E-state index >= 15 is 0 Å². The number of rotatable bonds is 6. The van der Waals surface area contributed by atoms with Crippen LogP contribution in [0.2, 0.25) is 0 Å². The monoisotopic (exact) mass is 868 g/mol. The Morgan fingerprint density at radius 1 is 0.508 bits per heavy atom. The van der Waals surface area contributed by atoms with Crippen molar-refractivity contribution >= 4 is 63.4 Å². The minimum atomic E-state index is -0.520. The summed E-state index contributed by atoms with van der Waals surface area (Å²) in [5.74, 6) is -0.0150. The number of fused-ring (bicyclic) bond motifs is 4. The maximum Gasteiger partial charge on any atom is 0.410 e. The van der Waals surface area contributed by atoms with Gasteiger partial charge < -0.3 is 45.2 Å². The molecule has 12 heteroatoms. The van der Waals surface area contributed by atoms with E-state index in [1.54, 1.807) is 4.90 Å². The van der Waals surface area contributed by atoms with Gasteiger partial charge in [-0.1, -0.05) is 97.1 Å². The molecule has 0 unspecified atom stereocenters. The van der Waals surface area contributed by atoms with Crippen LogP contribution < -0.4 is 35.6 Å². The van der Waals surface area contributed by atoms with Crippen LogP contribution in [0, 0.1) is 0 Å². The van der Waals surface area contributed by atoms with Gasteiger partial charge in [0.2, 0.25) is 0 Å². The van der Waals surface area contributed by atoms with Gasteiger partial charge in [-0.3, -0.25) is 9.59 Å². The van der Waals surface area contributed by atoms with Crippen LogP contribution in [-0.4, -0.2) is 80.8 Å². The van der Waals surface area contributed by atoms with Crippen LogP contribution in [-0.2, 0) is 17.8 Å². The lowest BCUT2D eigenvalue weighted by atomic mass is 10.1. The Balaban J connectivity index is 0.000000168. The number of carbonyl (C=O) groups excluding carboxylic acids is 3. The zero-order chi connectivity index (χ0) is 44.9. The minimum Gasteiger partial charge on any atom is -0.444 e. The molecule has 65 heavy (non-hydrogen) atoms. The van der Waals surface area contributed by atoms with E-state index in [1.165, 1.54) is 0 Å². The molecular weight excluding hydrogens is 813 g/mol. The molecule has 0 radical (unpaired) electrons. The van der Waals surface area contributed by atoms with Gasteiger partial charge in [0.25, 0.3) is 11.8 Å². The van der Waals surface area contributed by atoms with Crippen molar-refractivity contribution in [1.82, 2.24) is 10.2 Å². The summed E-state index contributed by atoms with van der Waals surface area (Å²) in [6.45, 7) is 12.8. The van der Waals surface area contributed by atoms with Crippen LogP contribution in [0.15, 0.2) is 146 Å². The van der Waals surface area contributed by atoms with E-state index in [2.05, 4.69) is 43.9 Å². The fourth-order valence-corrected chi connectivity index (χ4v) is 8.84. The van der Waals surface area contributed by atoms with E-state index in [1.807, 2.05) is 158 Å². The Bertz CT molecular complexity index is 2650. The van der Waals surface area contributed by atoms with Gasteiger partial charge in [-0.05, 0) is 80.4 Å². The van der Waals surface area contributed by atoms with Gasteiger partial charge in [-0.25, -0.2) is 4.79 Å². The highest BCUT2D eigenvalue weighted by atomic mass is 16.6. The molecule has 2 fully saturated rings. The van der Waals surface area contributed by atoms with E-state index in [0.717, 1.165) is 82.8 Å². The Morgan fingerprint density at radius 2 is 0.923 bits per heavy atom. The number of para-hydroxylation sites is 6. The average molecular weight is 869 g/mol. The summed E-state index contributed by atoms with van der Waals surface area (Å²) < 4.78 is 5.54. The van der Waals surface area contributed by atoms with Crippen molar-refractivity contribution in [3.8, 4) is 0 Å². The molecule has 3 N–H and O–H groups in total. The third-order valence-corrected chi connectivity index (χ3v) is 12.0. The number of ether oxygens (including phenoxy) is 1. The lowest BCUT2D eigenvalue weighted by molar-refractivity contribution is 0.0240. The molecule has 4 aliphatic heterocycles. The van der Waals surface area contributed by atoms with Crippen LogP contribution in [0.4, 0.5) is 50.3 Å². The fourth-order valence-electron chi connectivity index (χ4n) is 8.84. The molecule has 0 bridgehead atoms. The van der Waals surface area contributed by atoms with Crippen LogP contribution in [0.3, 0.4) is 0 Å². The maximum absolute atomic E-state index is 13.9. The van der Waals surface area contributed by atoms with Crippen LogP contribution in [0.25, 0.3) is 0 Å². The van der Waals surface area contributed by atoms with E-state index in [0.29, 0.717) is 50.4 Å². The zero-order valence-corrected chi connectivity index (χ0v) is 37.3. The highest BCUT2D eigenvalue weighted by Crippen LogP contribution is 2.43. The van der Waals surface area contributed by atoms with Gasteiger partial charge in [0.15, 0.2) is 0 Å². The molecule has 4 aliphatic rings. The molecule has 10 rings (SSSR count). The summed E-state index contributed by atoms with van der Waals surface area (Å²) in [6, 6.07) is 48.0. The molecule has 0 aromatic heterocycles. The molecule has 6 aromatic carbocycles. The summed E-state index contributed by atoms with van der Waals surface area (Å²) in [5.41, 5.74) is 10.4. The summed E-state index contributed by atoms with van der Waals surface area (Å²) in [7, 11) is 0. The first kappa shape index (κ1) is 43.0. The molecule has 2 saturated heterocycles. The number of anilines is 8. The number of nitrogens with one attached hydrogen (secondary N) is 3. The Morgan fingerprint density at radius 3 is 1.38 bits per heavy atom. The first-order valence-electron chi connectivity index (χ1n) is 22.5. The Kier molecular flexibility index (Phi) is 12.4. The molecule has 12 nitrogen and oxygen atoms in total. The standard InChI is InChI=1S/C29H32N4O3.C24H24N4O/c1-29(2,3)36-28(35)32-18-16-31(17-19-32)25-15-9-12-22-26(25)30-23-13-7-8-14-24(23)33(27(22)34)20-21-10-5-4-6-11-21;29-24-19-9-6-12-22(27-15-13-25-14-16-27)23(19)26-20-10-4-5-11-21(20)28(24)17-18-7-2-1-3-8-18/h4-15,30H,16-20H2,1-3H3;1-12,25-26H,13-17H2. The van der Waals surface area contributed by atoms with Crippen LogP contribution in [0.5, 0.6) is 0 Å². The van der Waals surface area contributed by atoms with Gasteiger partial charge in [0, 0.05) is 52.4 Å². The normalized spacial score (nSPS) is 15.7. The van der Waals surface area contributed by atoms with E-state index < -0.39 is 5.60 Å². The fraction of sp³-hybridized carbons (Fsp3) is 0.264. The third kappa shape index (κ3) is 9.49. The molecule has 4 heterocycles. The number of benzene rings is 6. The number of nitrogens with zero attached hydrogens (tertiary/aromatic N) is 5. The van der Waals surface area contributed by atoms with E-state index in [-0.39, 0.29) is 17.9 Å². The third-order valence-electron chi connectivity index (χ3n) is 12.0. The molecule has 6 aromatic rings. The van der Waals surface area contributed by atoms with Gasteiger partial charge in [0.1, 0.15) is 5.60 Å². The lowest BCUT2D eigenvalue weighted by Gasteiger charge is -2.37. The highest BCUT2D eigenvalue weighted by Gasteiger charge is 2.33. The van der Waals surface area contributed by atoms with Crippen molar-refractivity contribution in [3.63, 3.8) is 0 Å². The second-order valence-corrected chi connectivity index (χ2v) is 17.6. The second-order valence-electron chi connectivity index (χ2n) is 17.6. The molecule has 0 spiro atoms. The summed E-state index contributed by atoms with van der Waals surface area (Å²) in [4.78, 5) is 50.2. The maximum atomic E-state index is 13.9. The molecule has 332 valence electrons. The van der Waals surface area contributed by atoms with Crippen molar-refractivity contribution in [2.45, 2.75) is 39.5 Å². The predicted molar refractivity (Wildman–Crippen MR) is 261 cm³/mol. The van der Waals surface area contributed by atoms with Gasteiger partial charge >= 0.3 is 6.09 Å². The first-order valence-corrected chi connectivity index (χ1v) is 22.5. The van der Waals surface area contributed by atoms with E-state index in [9.17, 15) is 14.4 Å². The molecule has 3 amide bonds. The van der Waals surface area contributed by atoms with Crippen molar-refractivity contribution in [1.29, 1.82) is 0 Å². The summed E-state index contributed by atoms with van der Waals surface area (Å²) >= 11 is 0. The lowest BCUT2D eigenvalue weighted by Crippen LogP contribution is -2.50. The Hall–Kier alpha value is -7.31. The second kappa shape index (κ2) is 18.8. The molecular formula is C53H56N8O4. The van der Waals surface area contributed by atoms with Gasteiger partial charge in [-0.15, -0.1) is 0 Å². The first-order chi connectivity index (χ1) is 31.6. The Labute approximate surface area is 381 Å². The van der Waals surface area contributed by atoms with Crippen molar-refractivity contribution in [2.75, 3.05) is 82.6 Å². The zero-order valence-electron chi connectivity index (χ0n) is 37.3. The minimum absolute atomic E-state index is 0.0262. The predicted octanol–water partition coefficient (Wildman–Crippen LogP) is 9.65. The summed E-state index contributed by atoms with van der Waals surface area (Å²) in [6.07, 6.45) is -0.284. The van der Waals surface area contributed by atoms with Crippen molar-refractivity contribution in [3.05, 3.63) is 168 Å². The average Bonchev–Trinajstić information content (AvgIpc) is 3.53. The quantitative estimate of drug-likeness (QED) is 0.151. The number of piperazine rings is 2. The topological polar surface area (TPSA) is 113 Å². The number of amides is 3. The largest absolute Gasteiger partial charge is 0.444 e. The molecule has 0 saturated carbocycles. The van der Waals surface area contributed by atoms with Gasteiger partial charge in [-0.2, -0.15) is 0 Å². The number of carbonyl (C=O) groups is 3. The van der Waals surface area contributed by atoms with Crippen LogP contribution in [0.1, 0.15) is 52.6 Å². The van der Waals surface area contributed by atoms with Crippen molar-refractivity contribution in [2.24, 2.45) is 0 Å². The number of hydrogen-bond acceptors (Lipinski definition) is 9. The number of hydrogen-bond donors (Lipinski definition) is 3. The smallest absolute Gasteiger partial charge is 0.410 e. The highest BCUT2D eigenvalue weighted by molar-refractivity contribution is 6.16. The summed E-state index contributed by atoms with van der Waals surface area (Å²) in [5, 5.41) is 10.6. The van der Waals surface area contributed by atoms with E-state index in [4.69, 9.17) is 4.74 Å². The van der Waals surface area contributed by atoms with Gasteiger partial charge in [0.05, 0.1) is 69.7 Å². The SMILES string of the molecule is CC(C)(C)OC(=O)N1CCN(c2cccc3c2Nc2ccccc2N(Cc2ccccc2)C3=O)CC1.O=C1c2cccc(N3CCNCC3)c2Nc2ccccc2N1Cc1ccccc1. The molecule has 0 atom stereocenters. The van der Waals surface area contributed by atoms with Crippen LogP contribution >= 0.6 is 0 Å².